The number of hydrogen-bond donors (Lipinski definition) is 2. The van der Waals surface area contributed by atoms with E-state index in [0.29, 0.717) is 5.82 Å². The molecule has 3 rings (SSSR count). The third-order valence-corrected chi connectivity index (χ3v) is 4.28. The van der Waals surface area contributed by atoms with Gasteiger partial charge in [0.1, 0.15) is 11.5 Å². The van der Waals surface area contributed by atoms with Crippen molar-refractivity contribution in [3.63, 3.8) is 0 Å². The van der Waals surface area contributed by atoms with E-state index in [1.165, 1.54) is 0 Å². The number of aromatic nitrogens is 2. The lowest BCUT2D eigenvalue weighted by molar-refractivity contribution is 0.112. The van der Waals surface area contributed by atoms with Crippen LogP contribution in [0, 0.1) is 0 Å². The van der Waals surface area contributed by atoms with Crippen molar-refractivity contribution in [2.24, 2.45) is 0 Å². The first kappa shape index (κ1) is 16.4. The van der Waals surface area contributed by atoms with Crippen molar-refractivity contribution in [2.75, 3.05) is 5.32 Å². The normalized spacial score (nSPS) is 16.5. The standard InChI is InChI=1S/C15H18F2N4O3/c1-15(4-2-3-5-15)11-7-12(21-24-11)19-14(22)18-8-9-6-10(13(16)17)23-20-9/h6-7,13H,2-5,8H2,1H3,(H2,18,19,21,22). The Morgan fingerprint density at radius 2 is 2.04 bits per heavy atom. The molecule has 1 fully saturated rings. The van der Waals surface area contributed by atoms with Crippen molar-refractivity contribution < 1.29 is 22.6 Å². The van der Waals surface area contributed by atoms with Gasteiger partial charge in [-0.05, 0) is 12.8 Å². The molecule has 0 spiro atoms. The molecule has 0 saturated heterocycles. The van der Waals surface area contributed by atoms with Crippen LogP contribution in [0.3, 0.4) is 0 Å². The van der Waals surface area contributed by atoms with E-state index in [1.807, 2.05) is 0 Å². The molecule has 0 aromatic carbocycles. The van der Waals surface area contributed by atoms with E-state index in [-0.39, 0.29) is 17.7 Å². The largest absolute Gasteiger partial charge is 0.359 e. The number of urea groups is 1. The van der Waals surface area contributed by atoms with Gasteiger partial charge in [-0.25, -0.2) is 13.6 Å². The van der Waals surface area contributed by atoms with Crippen molar-refractivity contribution in [1.82, 2.24) is 15.6 Å². The van der Waals surface area contributed by atoms with Crippen LogP contribution in [0.1, 0.15) is 56.2 Å². The third kappa shape index (κ3) is 3.55. The van der Waals surface area contributed by atoms with Gasteiger partial charge in [-0.1, -0.05) is 30.1 Å². The van der Waals surface area contributed by atoms with Crippen molar-refractivity contribution in [2.45, 2.75) is 51.0 Å². The number of hydrogen-bond acceptors (Lipinski definition) is 5. The molecule has 0 aliphatic heterocycles. The lowest BCUT2D eigenvalue weighted by Gasteiger charge is -2.18. The van der Waals surface area contributed by atoms with E-state index >= 15 is 0 Å². The SMILES string of the molecule is CC1(c2cc(NC(=O)NCc3cc(C(F)F)on3)no2)CCCC1. The molecule has 1 aliphatic rings. The minimum absolute atomic E-state index is 0.0320. The smallest absolute Gasteiger partial charge is 0.320 e. The molecule has 2 heterocycles. The number of carbonyl (C=O) groups excluding carboxylic acids is 1. The molecule has 7 nitrogen and oxygen atoms in total. The van der Waals surface area contributed by atoms with E-state index in [9.17, 15) is 13.6 Å². The quantitative estimate of drug-likeness (QED) is 0.864. The summed E-state index contributed by atoms with van der Waals surface area (Å²) in [4.78, 5) is 11.8. The molecule has 130 valence electrons. The summed E-state index contributed by atoms with van der Waals surface area (Å²) in [7, 11) is 0. The van der Waals surface area contributed by atoms with Crippen LogP contribution in [0.15, 0.2) is 21.2 Å². The summed E-state index contributed by atoms with van der Waals surface area (Å²) in [5.41, 5.74) is 0.176. The van der Waals surface area contributed by atoms with E-state index in [2.05, 4.69) is 32.4 Å². The summed E-state index contributed by atoms with van der Waals surface area (Å²) in [5.74, 6) is 0.538. The molecule has 1 saturated carbocycles. The zero-order valence-corrected chi connectivity index (χ0v) is 13.1. The zero-order valence-electron chi connectivity index (χ0n) is 13.1. The van der Waals surface area contributed by atoms with E-state index in [4.69, 9.17) is 4.52 Å². The highest BCUT2D eigenvalue weighted by molar-refractivity contribution is 5.88. The number of nitrogens with zero attached hydrogens (tertiary/aromatic N) is 2. The minimum Gasteiger partial charge on any atom is -0.359 e. The van der Waals surface area contributed by atoms with Crippen LogP contribution in [-0.2, 0) is 12.0 Å². The van der Waals surface area contributed by atoms with Gasteiger partial charge in [0.25, 0.3) is 6.43 Å². The Kier molecular flexibility index (Phi) is 4.50. The Morgan fingerprint density at radius 3 is 2.71 bits per heavy atom. The summed E-state index contributed by atoms with van der Waals surface area (Å²) in [6.45, 7) is 2.08. The number of anilines is 1. The lowest BCUT2D eigenvalue weighted by Crippen LogP contribution is -2.28. The number of nitrogens with one attached hydrogen (secondary N) is 2. The van der Waals surface area contributed by atoms with E-state index in [1.54, 1.807) is 6.07 Å². The Hall–Kier alpha value is -2.45. The molecule has 1 aliphatic carbocycles. The average Bonchev–Trinajstić information content (AvgIpc) is 3.25. The Balaban J connectivity index is 1.52. The van der Waals surface area contributed by atoms with E-state index < -0.39 is 18.2 Å². The molecule has 0 radical (unpaired) electrons. The molecule has 24 heavy (non-hydrogen) atoms. The Bertz CT molecular complexity index is 707. The molecular weight excluding hydrogens is 322 g/mol. The first-order valence-corrected chi connectivity index (χ1v) is 7.72. The molecular formula is C15H18F2N4O3. The summed E-state index contributed by atoms with van der Waals surface area (Å²) in [5, 5.41) is 12.3. The van der Waals surface area contributed by atoms with Gasteiger partial charge in [-0.3, -0.25) is 5.32 Å². The van der Waals surface area contributed by atoms with Gasteiger partial charge < -0.3 is 14.4 Å². The summed E-state index contributed by atoms with van der Waals surface area (Å²) in [6.07, 6.45) is 1.64. The van der Waals surface area contributed by atoms with Crippen LogP contribution in [0.25, 0.3) is 0 Å². The second-order valence-corrected chi connectivity index (χ2v) is 6.17. The second-order valence-electron chi connectivity index (χ2n) is 6.17. The van der Waals surface area contributed by atoms with Crippen molar-refractivity contribution in [3.8, 4) is 0 Å². The predicted octanol–water partition coefficient (Wildman–Crippen LogP) is 3.75. The first-order chi connectivity index (χ1) is 11.5. The molecule has 0 atom stereocenters. The molecule has 0 bridgehead atoms. The minimum atomic E-state index is -2.73. The highest BCUT2D eigenvalue weighted by Crippen LogP contribution is 2.41. The Labute approximate surface area is 136 Å². The molecule has 2 aromatic heterocycles. The van der Waals surface area contributed by atoms with Gasteiger partial charge >= 0.3 is 6.03 Å². The van der Waals surface area contributed by atoms with Crippen LogP contribution >= 0.6 is 0 Å². The number of halogens is 2. The lowest BCUT2D eigenvalue weighted by atomic mass is 9.86. The fourth-order valence-electron chi connectivity index (χ4n) is 2.87. The number of amides is 2. The maximum Gasteiger partial charge on any atom is 0.320 e. The van der Waals surface area contributed by atoms with Crippen LogP contribution in [-0.4, -0.2) is 16.3 Å². The Morgan fingerprint density at radius 1 is 1.29 bits per heavy atom. The fourth-order valence-corrected chi connectivity index (χ4v) is 2.87. The van der Waals surface area contributed by atoms with Crippen LogP contribution in [0.2, 0.25) is 0 Å². The maximum atomic E-state index is 12.4. The second kappa shape index (κ2) is 6.58. The summed E-state index contributed by atoms with van der Waals surface area (Å²) < 4.78 is 34.5. The van der Waals surface area contributed by atoms with Gasteiger partial charge in [0, 0.05) is 17.5 Å². The highest BCUT2D eigenvalue weighted by Gasteiger charge is 2.34. The maximum absolute atomic E-state index is 12.4. The van der Waals surface area contributed by atoms with Crippen LogP contribution in [0.5, 0.6) is 0 Å². The molecule has 2 aromatic rings. The molecule has 2 N–H and O–H groups in total. The summed E-state index contributed by atoms with van der Waals surface area (Å²) in [6, 6.07) is 2.28. The fraction of sp³-hybridized carbons (Fsp3) is 0.533. The van der Waals surface area contributed by atoms with Gasteiger partial charge in [0.05, 0.1) is 6.54 Å². The summed E-state index contributed by atoms with van der Waals surface area (Å²) >= 11 is 0. The number of rotatable bonds is 5. The number of carbonyl (C=O) groups is 1. The third-order valence-electron chi connectivity index (χ3n) is 4.28. The van der Waals surface area contributed by atoms with Gasteiger partial charge in [-0.2, -0.15) is 0 Å². The van der Waals surface area contributed by atoms with Gasteiger partial charge in [0.2, 0.25) is 5.76 Å². The topological polar surface area (TPSA) is 93.2 Å². The highest BCUT2D eigenvalue weighted by atomic mass is 19.3. The molecule has 9 heteroatoms. The average molecular weight is 340 g/mol. The van der Waals surface area contributed by atoms with E-state index in [0.717, 1.165) is 37.5 Å². The van der Waals surface area contributed by atoms with Crippen LogP contribution < -0.4 is 10.6 Å². The number of alkyl halides is 2. The predicted molar refractivity (Wildman–Crippen MR) is 79.6 cm³/mol. The molecule has 0 unspecified atom stereocenters. The van der Waals surface area contributed by atoms with Gasteiger partial charge in [0.15, 0.2) is 5.82 Å². The van der Waals surface area contributed by atoms with Crippen molar-refractivity contribution in [3.05, 3.63) is 29.3 Å². The van der Waals surface area contributed by atoms with Crippen molar-refractivity contribution >= 4 is 11.8 Å². The van der Waals surface area contributed by atoms with Crippen LogP contribution in [0.4, 0.5) is 19.4 Å². The van der Waals surface area contributed by atoms with Gasteiger partial charge in [-0.15, -0.1) is 0 Å². The zero-order chi connectivity index (χ0) is 17.2. The monoisotopic (exact) mass is 340 g/mol. The van der Waals surface area contributed by atoms with Crippen molar-refractivity contribution in [1.29, 1.82) is 0 Å². The molecule has 2 amide bonds. The first-order valence-electron chi connectivity index (χ1n) is 7.72.